The van der Waals surface area contributed by atoms with Crippen molar-refractivity contribution in [1.29, 1.82) is 0 Å². The van der Waals surface area contributed by atoms with E-state index in [2.05, 4.69) is 24.5 Å². The predicted octanol–water partition coefficient (Wildman–Crippen LogP) is 3.73. The lowest BCUT2D eigenvalue weighted by molar-refractivity contribution is -0.119. The van der Waals surface area contributed by atoms with Crippen LogP contribution in [0.4, 0.5) is 10.5 Å². The summed E-state index contributed by atoms with van der Waals surface area (Å²) < 4.78 is 0. The molecule has 0 bridgehead atoms. The number of aryl methyl sites for hydroxylation is 2. The number of rotatable bonds is 5. The molecule has 0 heterocycles. The Hall–Kier alpha value is -1.49. The summed E-state index contributed by atoms with van der Waals surface area (Å²) in [4.78, 5) is 23.8. The van der Waals surface area contributed by atoms with Gasteiger partial charge >= 0.3 is 6.03 Å². The molecule has 116 valence electrons. The average molecular weight is 308 g/mol. The molecule has 1 rings (SSSR count). The Morgan fingerprint density at radius 3 is 2.43 bits per heavy atom. The lowest BCUT2D eigenvalue weighted by Gasteiger charge is -2.14. The highest BCUT2D eigenvalue weighted by Crippen LogP contribution is 2.16. The summed E-state index contributed by atoms with van der Waals surface area (Å²) in [5.41, 5.74) is 2.82. The molecule has 3 amide bonds. The van der Waals surface area contributed by atoms with Gasteiger partial charge in [-0.3, -0.25) is 10.1 Å². The van der Waals surface area contributed by atoms with Crippen LogP contribution in [0.15, 0.2) is 18.2 Å². The van der Waals surface area contributed by atoms with Crippen LogP contribution in [-0.2, 0) is 4.79 Å². The summed E-state index contributed by atoms with van der Waals surface area (Å²) in [6.07, 6.45) is 0. The first kappa shape index (κ1) is 17.6. The number of thioether (sulfide) groups is 1. The van der Waals surface area contributed by atoms with Crippen LogP contribution in [0, 0.1) is 19.8 Å². The van der Waals surface area contributed by atoms with Crippen LogP contribution in [0.3, 0.4) is 0 Å². The maximum atomic E-state index is 11.9. The second kappa shape index (κ2) is 8.08. The van der Waals surface area contributed by atoms with E-state index in [1.807, 2.05) is 39.0 Å². The molecule has 1 unspecified atom stereocenters. The molecule has 0 fully saturated rings. The highest BCUT2D eigenvalue weighted by molar-refractivity contribution is 8.00. The Morgan fingerprint density at radius 1 is 1.19 bits per heavy atom. The topological polar surface area (TPSA) is 58.2 Å². The number of urea groups is 1. The maximum Gasteiger partial charge on any atom is 0.325 e. The highest BCUT2D eigenvalue weighted by Gasteiger charge is 2.17. The van der Waals surface area contributed by atoms with Crippen LogP contribution in [0.25, 0.3) is 0 Å². The predicted molar refractivity (Wildman–Crippen MR) is 89.8 cm³/mol. The quantitative estimate of drug-likeness (QED) is 0.871. The first-order chi connectivity index (χ1) is 9.79. The van der Waals surface area contributed by atoms with Gasteiger partial charge in [0.15, 0.2) is 0 Å². The summed E-state index contributed by atoms with van der Waals surface area (Å²) in [5, 5.41) is 4.85. The third-order valence-electron chi connectivity index (χ3n) is 2.92. The summed E-state index contributed by atoms with van der Waals surface area (Å²) in [6, 6.07) is 5.26. The van der Waals surface area contributed by atoms with Gasteiger partial charge in [0.2, 0.25) is 5.91 Å². The van der Waals surface area contributed by atoms with Gasteiger partial charge in [0.1, 0.15) is 0 Å². The van der Waals surface area contributed by atoms with Crippen LogP contribution in [0.1, 0.15) is 31.9 Å². The lowest BCUT2D eigenvalue weighted by atomic mass is 10.1. The first-order valence-electron chi connectivity index (χ1n) is 7.10. The number of hydrogen-bond acceptors (Lipinski definition) is 3. The van der Waals surface area contributed by atoms with Crippen LogP contribution in [-0.4, -0.2) is 22.9 Å². The molecule has 1 aromatic rings. The zero-order valence-corrected chi connectivity index (χ0v) is 14.1. The fourth-order valence-corrected chi connectivity index (χ4v) is 2.62. The van der Waals surface area contributed by atoms with Crippen LogP contribution in [0.5, 0.6) is 0 Å². The molecular formula is C16H24N2O2S. The van der Waals surface area contributed by atoms with Crippen molar-refractivity contribution in [1.82, 2.24) is 5.32 Å². The summed E-state index contributed by atoms with van der Waals surface area (Å²) in [5.74, 6) is 1.16. The van der Waals surface area contributed by atoms with Gasteiger partial charge in [0, 0.05) is 5.69 Å². The van der Waals surface area contributed by atoms with E-state index in [0.717, 1.165) is 16.9 Å². The standard InChI is InChI=1S/C16H24N2O2S/c1-10(2)9-21-13(5)15(19)18-16(20)17-14-7-6-11(3)8-12(14)4/h6-8,10,13H,9H2,1-5H3,(H2,17,18,19,20). The Morgan fingerprint density at radius 2 is 1.86 bits per heavy atom. The number of benzene rings is 1. The van der Waals surface area contributed by atoms with Crippen molar-refractivity contribution in [3.8, 4) is 0 Å². The Labute approximate surface area is 131 Å². The van der Waals surface area contributed by atoms with Crippen molar-refractivity contribution in [3.63, 3.8) is 0 Å². The molecule has 1 atom stereocenters. The van der Waals surface area contributed by atoms with E-state index >= 15 is 0 Å². The van der Waals surface area contributed by atoms with Crippen molar-refractivity contribution in [2.45, 2.75) is 39.9 Å². The first-order valence-corrected chi connectivity index (χ1v) is 8.15. The molecule has 0 radical (unpaired) electrons. The third-order valence-corrected chi connectivity index (χ3v) is 4.49. The second-order valence-corrected chi connectivity index (χ2v) is 7.00. The molecule has 1 aromatic carbocycles. The molecular weight excluding hydrogens is 284 g/mol. The average Bonchev–Trinajstić information content (AvgIpc) is 2.39. The SMILES string of the molecule is Cc1ccc(NC(=O)NC(=O)C(C)SCC(C)C)c(C)c1. The monoisotopic (exact) mass is 308 g/mol. The zero-order valence-electron chi connectivity index (χ0n) is 13.3. The Bertz CT molecular complexity index is 515. The molecule has 2 N–H and O–H groups in total. The van der Waals surface area contributed by atoms with Crippen LogP contribution < -0.4 is 10.6 Å². The van der Waals surface area contributed by atoms with Crippen molar-refractivity contribution in [3.05, 3.63) is 29.3 Å². The van der Waals surface area contributed by atoms with Crippen molar-refractivity contribution in [2.24, 2.45) is 5.92 Å². The van der Waals surface area contributed by atoms with Crippen molar-refractivity contribution in [2.75, 3.05) is 11.1 Å². The number of carbonyl (C=O) groups is 2. The van der Waals surface area contributed by atoms with E-state index < -0.39 is 6.03 Å². The molecule has 21 heavy (non-hydrogen) atoms. The molecule has 0 saturated carbocycles. The molecule has 5 heteroatoms. The second-order valence-electron chi connectivity index (χ2n) is 5.63. The molecule has 0 aliphatic carbocycles. The van der Waals surface area contributed by atoms with E-state index in [4.69, 9.17) is 0 Å². The van der Waals surface area contributed by atoms with Gasteiger partial charge in [0.25, 0.3) is 0 Å². The van der Waals surface area contributed by atoms with E-state index in [-0.39, 0.29) is 11.2 Å². The fraction of sp³-hybridized carbons (Fsp3) is 0.500. The van der Waals surface area contributed by atoms with Crippen molar-refractivity contribution >= 4 is 29.4 Å². The number of hydrogen-bond donors (Lipinski definition) is 2. The minimum Gasteiger partial charge on any atom is -0.307 e. The molecule has 0 aliphatic rings. The van der Waals surface area contributed by atoms with Gasteiger partial charge in [-0.1, -0.05) is 31.5 Å². The van der Waals surface area contributed by atoms with E-state index in [0.29, 0.717) is 11.6 Å². The normalized spacial score (nSPS) is 12.1. The van der Waals surface area contributed by atoms with Crippen LogP contribution >= 0.6 is 11.8 Å². The molecule has 0 aliphatic heterocycles. The Kier molecular flexibility index (Phi) is 6.75. The van der Waals surface area contributed by atoms with Crippen molar-refractivity contribution < 1.29 is 9.59 Å². The van der Waals surface area contributed by atoms with Crippen LogP contribution in [0.2, 0.25) is 0 Å². The van der Waals surface area contributed by atoms with Gasteiger partial charge in [-0.25, -0.2) is 4.79 Å². The van der Waals surface area contributed by atoms with Gasteiger partial charge < -0.3 is 5.32 Å². The number of nitrogens with one attached hydrogen (secondary N) is 2. The van der Waals surface area contributed by atoms with Gasteiger partial charge in [0.05, 0.1) is 5.25 Å². The molecule has 0 aromatic heterocycles. The number of imide groups is 1. The number of amides is 3. The van der Waals surface area contributed by atoms with E-state index in [1.165, 1.54) is 0 Å². The minimum atomic E-state index is -0.482. The van der Waals surface area contributed by atoms with E-state index in [1.54, 1.807) is 11.8 Å². The van der Waals surface area contributed by atoms with Gasteiger partial charge in [-0.2, -0.15) is 0 Å². The largest absolute Gasteiger partial charge is 0.325 e. The summed E-state index contributed by atoms with van der Waals surface area (Å²) >= 11 is 1.55. The fourth-order valence-electron chi connectivity index (χ4n) is 1.73. The number of anilines is 1. The summed E-state index contributed by atoms with van der Waals surface area (Å²) in [6.45, 7) is 9.93. The summed E-state index contributed by atoms with van der Waals surface area (Å²) in [7, 11) is 0. The van der Waals surface area contributed by atoms with Gasteiger partial charge in [-0.15, -0.1) is 11.8 Å². The van der Waals surface area contributed by atoms with E-state index in [9.17, 15) is 9.59 Å². The minimum absolute atomic E-state index is 0.239. The lowest BCUT2D eigenvalue weighted by Crippen LogP contribution is -2.39. The highest BCUT2D eigenvalue weighted by atomic mass is 32.2. The number of carbonyl (C=O) groups excluding carboxylic acids is 2. The molecule has 4 nitrogen and oxygen atoms in total. The third kappa shape index (κ3) is 6.21. The molecule has 0 spiro atoms. The molecule has 0 saturated heterocycles. The zero-order chi connectivity index (χ0) is 16.0. The maximum absolute atomic E-state index is 11.9. The Balaban J connectivity index is 2.51. The smallest absolute Gasteiger partial charge is 0.307 e. The van der Waals surface area contributed by atoms with Gasteiger partial charge in [-0.05, 0) is 44.1 Å².